The number of aromatic nitrogens is 3. The Morgan fingerprint density at radius 2 is 1.70 bits per heavy atom. The molecule has 0 unspecified atom stereocenters. The zero-order valence-electron chi connectivity index (χ0n) is 14.0. The number of amides is 1. The number of benzene rings is 2. The third-order valence-corrected chi connectivity index (χ3v) is 4.58. The topological polar surface area (TPSA) is 80.9 Å². The number of pyridine rings is 1. The molecule has 0 aliphatic carbocycles. The molecule has 132 valence electrons. The molecule has 4 rings (SSSR count). The molecule has 0 fully saturated rings. The molecule has 0 atom stereocenters. The lowest BCUT2D eigenvalue weighted by Crippen LogP contribution is -2.13. The Morgan fingerprint density at radius 3 is 2.52 bits per heavy atom. The van der Waals surface area contributed by atoms with Gasteiger partial charge in [0.15, 0.2) is 0 Å². The molecule has 1 amide bonds. The Balaban J connectivity index is 1.65. The highest BCUT2D eigenvalue weighted by Crippen LogP contribution is 2.29. The Bertz CT molecular complexity index is 1100. The van der Waals surface area contributed by atoms with E-state index < -0.39 is 0 Å². The van der Waals surface area contributed by atoms with Gasteiger partial charge in [-0.3, -0.25) is 9.78 Å². The lowest BCUT2D eigenvalue weighted by Gasteiger charge is -2.09. The van der Waals surface area contributed by atoms with Crippen molar-refractivity contribution < 1.29 is 9.32 Å². The molecule has 1 N–H and O–H groups in total. The monoisotopic (exact) mass is 420 g/mol. The number of hydrogen-bond donors (Lipinski definition) is 1. The normalized spacial score (nSPS) is 10.6. The second-order valence-corrected chi connectivity index (χ2v) is 6.49. The average Bonchev–Trinajstić information content (AvgIpc) is 3.19. The number of carbonyl (C=O) groups is 1. The van der Waals surface area contributed by atoms with Crippen molar-refractivity contribution in [3.63, 3.8) is 0 Å². The first-order valence-electron chi connectivity index (χ1n) is 8.12. The molecule has 27 heavy (non-hydrogen) atoms. The zero-order valence-corrected chi connectivity index (χ0v) is 15.6. The van der Waals surface area contributed by atoms with Crippen LogP contribution in [0.2, 0.25) is 0 Å². The van der Waals surface area contributed by atoms with Gasteiger partial charge >= 0.3 is 0 Å². The van der Waals surface area contributed by atoms with Crippen LogP contribution in [0.3, 0.4) is 0 Å². The number of para-hydroxylation sites is 1. The largest absolute Gasteiger partial charge is 0.334 e. The van der Waals surface area contributed by atoms with E-state index in [9.17, 15) is 4.79 Å². The quantitative estimate of drug-likeness (QED) is 0.511. The first-order chi connectivity index (χ1) is 13.2. The van der Waals surface area contributed by atoms with Gasteiger partial charge in [-0.15, -0.1) is 0 Å². The van der Waals surface area contributed by atoms with Gasteiger partial charge < -0.3 is 9.84 Å². The third kappa shape index (κ3) is 3.63. The number of anilines is 1. The van der Waals surface area contributed by atoms with Crippen LogP contribution >= 0.6 is 15.9 Å². The van der Waals surface area contributed by atoms with E-state index in [4.69, 9.17) is 4.52 Å². The molecule has 0 saturated heterocycles. The van der Waals surface area contributed by atoms with Crippen molar-refractivity contribution in [2.24, 2.45) is 0 Å². The summed E-state index contributed by atoms with van der Waals surface area (Å²) in [6.45, 7) is 0. The first-order valence-corrected chi connectivity index (χ1v) is 8.91. The van der Waals surface area contributed by atoms with Crippen molar-refractivity contribution in [1.29, 1.82) is 0 Å². The summed E-state index contributed by atoms with van der Waals surface area (Å²) in [5.74, 6) is 0.549. The number of carbonyl (C=O) groups excluding carboxylic acids is 1. The van der Waals surface area contributed by atoms with Gasteiger partial charge in [0.25, 0.3) is 11.8 Å². The summed E-state index contributed by atoms with van der Waals surface area (Å²) in [5.41, 5.74) is 2.57. The summed E-state index contributed by atoms with van der Waals surface area (Å²) in [7, 11) is 0. The summed E-state index contributed by atoms with van der Waals surface area (Å²) in [5, 5.41) is 6.93. The Labute approximate surface area is 163 Å². The van der Waals surface area contributed by atoms with Gasteiger partial charge in [-0.05, 0) is 52.3 Å². The van der Waals surface area contributed by atoms with Crippen LogP contribution in [-0.2, 0) is 0 Å². The summed E-state index contributed by atoms with van der Waals surface area (Å²) in [6.07, 6.45) is 3.33. The van der Waals surface area contributed by atoms with Crippen LogP contribution in [0.1, 0.15) is 10.4 Å². The first kappa shape index (κ1) is 17.1. The molecule has 0 spiro atoms. The molecule has 7 heteroatoms. The van der Waals surface area contributed by atoms with Crippen molar-refractivity contribution >= 4 is 27.5 Å². The average molecular weight is 421 g/mol. The maximum atomic E-state index is 12.6. The summed E-state index contributed by atoms with van der Waals surface area (Å²) < 4.78 is 6.13. The summed E-state index contributed by atoms with van der Waals surface area (Å²) in [4.78, 5) is 21.1. The van der Waals surface area contributed by atoms with Gasteiger partial charge in [-0.2, -0.15) is 4.98 Å². The smallest absolute Gasteiger partial charge is 0.260 e. The number of halogens is 1. The lowest BCUT2D eigenvalue weighted by atomic mass is 10.1. The van der Waals surface area contributed by atoms with Gasteiger partial charge in [0.1, 0.15) is 0 Å². The van der Waals surface area contributed by atoms with Gasteiger partial charge in [-0.1, -0.05) is 29.4 Å². The Morgan fingerprint density at radius 1 is 0.963 bits per heavy atom. The van der Waals surface area contributed by atoms with E-state index >= 15 is 0 Å². The fourth-order valence-electron chi connectivity index (χ4n) is 2.56. The Hall–Kier alpha value is -3.32. The highest BCUT2D eigenvalue weighted by molar-refractivity contribution is 9.10. The maximum Gasteiger partial charge on any atom is 0.260 e. The SMILES string of the molecule is O=C(Nc1ccccc1-c1nc(-c2ccncc2)no1)c1ccccc1Br. The van der Waals surface area contributed by atoms with Crippen molar-refractivity contribution in [3.8, 4) is 22.8 Å². The van der Waals surface area contributed by atoms with E-state index in [1.54, 1.807) is 36.7 Å². The van der Waals surface area contributed by atoms with Crippen LogP contribution in [0.5, 0.6) is 0 Å². The second-order valence-electron chi connectivity index (χ2n) is 5.64. The van der Waals surface area contributed by atoms with Crippen LogP contribution in [0, 0.1) is 0 Å². The molecular formula is C20H13BrN4O2. The second kappa shape index (κ2) is 7.51. The standard InChI is InChI=1S/C20H13BrN4O2/c21-16-7-3-1-5-14(16)19(26)23-17-8-4-2-6-15(17)20-24-18(25-27-20)13-9-11-22-12-10-13/h1-12H,(H,23,26). The Kier molecular flexibility index (Phi) is 4.76. The molecule has 0 radical (unpaired) electrons. The molecule has 0 bridgehead atoms. The minimum absolute atomic E-state index is 0.233. The highest BCUT2D eigenvalue weighted by atomic mass is 79.9. The molecule has 0 saturated carbocycles. The molecule has 2 aromatic carbocycles. The number of nitrogens with zero attached hydrogens (tertiary/aromatic N) is 3. The van der Waals surface area contributed by atoms with Gasteiger partial charge in [0.05, 0.1) is 16.8 Å². The minimum atomic E-state index is -0.233. The van der Waals surface area contributed by atoms with E-state index in [-0.39, 0.29) is 5.91 Å². The van der Waals surface area contributed by atoms with Gasteiger partial charge in [-0.25, -0.2) is 0 Å². The van der Waals surface area contributed by atoms with Crippen molar-refractivity contribution in [2.75, 3.05) is 5.32 Å². The van der Waals surface area contributed by atoms with Crippen LogP contribution in [-0.4, -0.2) is 21.0 Å². The van der Waals surface area contributed by atoms with E-state index in [1.807, 2.05) is 36.4 Å². The highest BCUT2D eigenvalue weighted by Gasteiger charge is 2.16. The summed E-state index contributed by atoms with van der Waals surface area (Å²) >= 11 is 3.40. The minimum Gasteiger partial charge on any atom is -0.334 e. The number of nitrogens with one attached hydrogen (secondary N) is 1. The molecule has 0 aliphatic heterocycles. The predicted octanol–water partition coefficient (Wildman–Crippen LogP) is 4.81. The lowest BCUT2D eigenvalue weighted by molar-refractivity contribution is 0.102. The molecular weight excluding hydrogens is 408 g/mol. The van der Waals surface area contributed by atoms with E-state index in [0.29, 0.717) is 28.5 Å². The van der Waals surface area contributed by atoms with Crippen molar-refractivity contribution in [3.05, 3.63) is 83.1 Å². The maximum absolute atomic E-state index is 12.6. The van der Waals surface area contributed by atoms with Crippen molar-refractivity contribution in [1.82, 2.24) is 15.1 Å². The van der Waals surface area contributed by atoms with Gasteiger partial charge in [0.2, 0.25) is 5.82 Å². The van der Waals surface area contributed by atoms with Gasteiger partial charge in [0, 0.05) is 22.4 Å². The molecule has 6 nitrogen and oxygen atoms in total. The van der Waals surface area contributed by atoms with E-state index in [1.165, 1.54) is 0 Å². The van der Waals surface area contributed by atoms with Crippen LogP contribution in [0.15, 0.2) is 82.1 Å². The van der Waals surface area contributed by atoms with Crippen LogP contribution in [0.4, 0.5) is 5.69 Å². The molecule has 4 aromatic rings. The summed E-state index contributed by atoms with van der Waals surface area (Å²) in [6, 6.07) is 18.1. The molecule has 2 aromatic heterocycles. The number of hydrogen-bond acceptors (Lipinski definition) is 5. The van der Waals surface area contributed by atoms with E-state index in [2.05, 4.69) is 36.4 Å². The predicted molar refractivity (Wildman–Crippen MR) is 105 cm³/mol. The van der Waals surface area contributed by atoms with Crippen LogP contribution in [0.25, 0.3) is 22.8 Å². The molecule has 2 heterocycles. The molecule has 0 aliphatic rings. The third-order valence-electron chi connectivity index (χ3n) is 3.89. The van der Waals surface area contributed by atoms with Crippen molar-refractivity contribution in [2.45, 2.75) is 0 Å². The zero-order chi connectivity index (χ0) is 18.6. The fourth-order valence-corrected chi connectivity index (χ4v) is 3.03. The fraction of sp³-hybridized carbons (Fsp3) is 0. The van der Waals surface area contributed by atoms with Crippen LogP contribution < -0.4 is 5.32 Å². The number of rotatable bonds is 4. The van der Waals surface area contributed by atoms with E-state index in [0.717, 1.165) is 10.0 Å².